The Labute approximate surface area is 80.9 Å². The quantitative estimate of drug-likeness (QED) is 0.597. The Hall–Kier alpha value is -0.330. The first-order valence-electron chi connectivity index (χ1n) is 5.58. The van der Waals surface area contributed by atoms with Gasteiger partial charge in [-0.2, -0.15) is 0 Å². The van der Waals surface area contributed by atoms with Gasteiger partial charge in [-0.3, -0.25) is 0 Å². The van der Waals surface area contributed by atoms with E-state index in [1.165, 1.54) is 38.4 Å². The minimum absolute atomic E-state index is 0.430. The van der Waals surface area contributed by atoms with E-state index in [1.54, 1.807) is 0 Å². The van der Waals surface area contributed by atoms with E-state index in [0.717, 1.165) is 11.8 Å². The molecule has 1 heteroatoms. The maximum Gasteiger partial charge on any atom is 0.123 e. The second kappa shape index (κ2) is 3.11. The lowest BCUT2D eigenvalue weighted by Crippen LogP contribution is -2.24. The van der Waals surface area contributed by atoms with Gasteiger partial charge < -0.3 is 4.79 Å². The molecule has 0 spiro atoms. The van der Waals surface area contributed by atoms with Crippen LogP contribution >= 0.6 is 0 Å². The molecule has 0 N–H and O–H groups in total. The van der Waals surface area contributed by atoms with Crippen molar-refractivity contribution >= 4 is 6.29 Å². The van der Waals surface area contributed by atoms with Crippen molar-refractivity contribution in [3.63, 3.8) is 0 Å². The molecule has 0 saturated heterocycles. The van der Waals surface area contributed by atoms with Crippen molar-refractivity contribution in [3.05, 3.63) is 0 Å². The summed E-state index contributed by atoms with van der Waals surface area (Å²) in [5.74, 6) is 2.05. The van der Waals surface area contributed by atoms with E-state index in [0.29, 0.717) is 11.3 Å². The first-order valence-corrected chi connectivity index (χ1v) is 5.58. The molecule has 2 aliphatic rings. The number of hydrogen-bond acceptors (Lipinski definition) is 1. The standard InChI is InChI=1S/C12H20O/c1-12(2)5-3-4-9(7-12)11-6-10(11)8-13/h8-11H,3-7H2,1-2H3/t9-,10-,11-/m0/s1. The maximum absolute atomic E-state index is 10.6. The van der Waals surface area contributed by atoms with Crippen molar-refractivity contribution in [2.24, 2.45) is 23.2 Å². The van der Waals surface area contributed by atoms with Crippen molar-refractivity contribution in [1.82, 2.24) is 0 Å². The van der Waals surface area contributed by atoms with Gasteiger partial charge in [-0.15, -0.1) is 0 Å². The SMILES string of the molecule is CC1(C)CCC[C@H]([C@@H]2C[C@H]2C=O)C1. The second-order valence-corrected chi connectivity index (χ2v) is 5.72. The molecule has 0 bridgehead atoms. The third-order valence-corrected chi connectivity index (χ3v) is 3.91. The highest BCUT2D eigenvalue weighted by Gasteiger charge is 2.45. The minimum Gasteiger partial charge on any atom is -0.303 e. The molecule has 0 aliphatic heterocycles. The molecule has 13 heavy (non-hydrogen) atoms. The highest BCUT2D eigenvalue weighted by Crippen LogP contribution is 2.51. The van der Waals surface area contributed by atoms with E-state index in [9.17, 15) is 4.79 Å². The van der Waals surface area contributed by atoms with Gasteiger partial charge in [0.2, 0.25) is 0 Å². The maximum atomic E-state index is 10.6. The zero-order chi connectivity index (χ0) is 9.47. The zero-order valence-electron chi connectivity index (χ0n) is 8.75. The second-order valence-electron chi connectivity index (χ2n) is 5.72. The molecule has 2 fully saturated rings. The molecular weight excluding hydrogens is 160 g/mol. The van der Waals surface area contributed by atoms with Crippen LogP contribution in [0.25, 0.3) is 0 Å². The number of carbonyl (C=O) groups is 1. The Morgan fingerprint density at radius 3 is 2.69 bits per heavy atom. The first-order chi connectivity index (χ1) is 6.12. The Kier molecular flexibility index (Phi) is 2.21. The normalized spacial score (nSPS) is 42.8. The summed E-state index contributed by atoms with van der Waals surface area (Å²) < 4.78 is 0. The molecule has 0 aromatic heterocycles. The molecule has 1 nitrogen and oxygen atoms in total. The van der Waals surface area contributed by atoms with Crippen LogP contribution in [0.15, 0.2) is 0 Å². The van der Waals surface area contributed by atoms with E-state index < -0.39 is 0 Å². The largest absolute Gasteiger partial charge is 0.303 e. The number of aldehydes is 1. The van der Waals surface area contributed by atoms with Crippen LogP contribution in [0.1, 0.15) is 46.0 Å². The lowest BCUT2D eigenvalue weighted by atomic mass is 9.70. The van der Waals surface area contributed by atoms with Gasteiger partial charge in [-0.1, -0.05) is 26.7 Å². The molecule has 2 aliphatic carbocycles. The topological polar surface area (TPSA) is 17.1 Å². The zero-order valence-corrected chi connectivity index (χ0v) is 8.75. The van der Waals surface area contributed by atoms with Crippen LogP contribution < -0.4 is 0 Å². The van der Waals surface area contributed by atoms with Gasteiger partial charge in [0.15, 0.2) is 0 Å². The summed E-state index contributed by atoms with van der Waals surface area (Å²) in [6.07, 6.45) is 7.83. The fraction of sp³-hybridized carbons (Fsp3) is 0.917. The fourth-order valence-corrected chi connectivity index (χ4v) is 3.06. The van der Waals surface area contributed by atoms with Crippen molar-refractivity contribution in [3.8, 4) is 0 Å². The summed E-state index contributed by atoms with van der Waals surface area (Å²) in [5, 5.41) is 0. The molecule has 2 rings (SSSR count). The fourth-order valence-electron chi connectivity index (χ4n) is 3.06. The van der Waals surface area contributed by atoms with E-state index in [2.05, 4.69) is 13.8 Å². The predicted molar refractivity (Wildman–Crippen MR) is 53.4 cm³/mol. The van der Waals surface area contributed by atoms with Gasteiger partial charge in [0.05, 0.1) is 0 Å². The van der Waals surface area contributed by atoms with E-state index in [1.807, 2.05) is 0 Å². The Morgan fingerprint density at radius 1 is 1.38 bits per heavy atom. The van der Waals surface area contributed by atoms with Gasteiger partial charge >= 0.3 is 0 Å². The summed E-state index contributed by atoms with van der Waals surface area (Å²) in [5.41, 5.74) is 0.541. The number of carbonyl (C=O) groups excluding carboxylic acids is 1. The molecule has 0 aromatic carbocycles. The first kappa shape index (κ1) is 9.23. The molecule has 3 atom stereocenters. The summed E-state index contributed by atoms with van der Waals surface area (Å²) in [6, 6.07) is 0. The molecule has 0 amide bonds. The average molecular weight is 180 g/mol. The van der Waals surface area contributed by atoms with Crippen molar-refractivity contribution in [1.29, 1.82) is 0 Å². The van der Waals surface area contributed by atoms with E-state index in [4.69, 9.17) is 0 Å². The lowest BCUT2D eigenvalue weighted by Gasteiger charge is -2.35. The van der Waals surface area contributed by atoms with Gasteiger partial charge in [0, 0.05) is 5.92 Å². The van der Waals surface area contributed by atoms with Crippen LogP contribution in [-0.4, -0.2) is 6.29 Å². The van der Waals surface area contributed by atoms with Crippen LogP contribution in [0.4, 0.5) is 0 Å². The van der Waals surface area contributed by atoms with Gasteiger partial charge in [-0.25, -0.2) is 0 Å². The van der Waals surface area contributed by atoms with Crippen LogP contribution in [0.5, 0.6) is 0 Å². The van der Waals surface area contributed by atoms with Gasteiger partial charge in [0.25, 0.3) is 0 Å². The smallest absolute Gasteiger partial charge is 0.123 e. The van der Waals surface area contributed by atoms with Crippen LogP contribution in [0.2, 0.25) is 0 Å². The third-order valence-electron chi connectivity index (χ3n) is 3.91. The number of hydrogen-bond donors (Lipinski definition) is 0. The monoisotopic (exact) mass is 180 g/mol. The molecule has 0 aromatic rings. The number of rotatable bonds is 2. The van der Waals surface area contributed by atoms with Crippen LogP contribution in [0, 0.1) is 23.2 Å². The molecular formula is C12H20O. The highest BCUT2D eigenvalue weighted by atomic mass is 16.1. The highest BCUT2D eigenvalue weighted by molar-refractivity contribution is 5.58. The van der Waals surface area contributed by atoms with Crippen molar-refractivity contribution in [2.75, 3.05) is 0 Å². The summed E-state index contributed by atoms with van der Waals surface area (Å²) >= 11 is 0. The lowest BCUT2D eigenvalue weighted by molar-refractivity contribution is -0.109. The predicted octanol–water partition coefficient (Wildman–Crippen LogP) is 3.04. The van der Waals surface area contributed by atoms with Gasteiger partial charge in [-0.05, 0) is 36.5 Å². The Bertz CT molecular complexity index is 207. The average Bonchev–Trinajstić information content (AvgIpc) is 2.80. The van der Waals surface area contributed by atoms with Crippen molar-refractivity contribution in [2.45, 2.75) is 46.0 Å². The van der Waals surface area contributed by atoms with E-state index in [-0.39, 0.29) is 0 Å². The van der Waals surface area contributed by atoms with E-state index >= 15 is 0 Å². The van der Waals surface area contributed by atoms with Crippen molar-refractivity contribution < 1.29 is 4.79 Å². The molecule has 2 saturated carbocycles. The molecule has 0 radical (unpaired) electrons. The molecule has 0 unspecified atom stereocenters. The summed E-state index contributed by atoms with van der Waals surface area (Å²) in [6.45, 7) is 4.74. The Balaban J connectivity index is 1.90. The molecule has 74 valence electrons. The molecule has 0 heterocycles. The van der Waals surface area contributed by atoms with Gasteiger partial charge in [0.1, 0.15) is 6.29 Å². The summed E-state index contributed by atoms with van der Waals surface area (Å²) in [7, 11) is 0. The minimum atomic E-state index is 0.430. The summed E-state index contributed by atoms with van der Waals surface area (Å²) in [4.78, 5) is 10.6. The van der Waals surface area contributed by atoms with Crippen LogP contribution in [-0.2, 0) is 4.79 Å². The third kappa shape index (κ3) is 1.95. The van der Waals surface area contributed by atoms with Crippen LogP contribution in [0.3, 0.4) is 0 Å². The Morgan fingerprint density at radius 2 is 2.15 bits per heavy atom.